The number of ketones is 1. The topological polar surface area (TPSA) is 65.5 Å². The van der Waals surface area contributed by atoms with E-state index in [1.54, 1.807) is 24.3 Å². The van der Waals surface area contributed by atoms with Gasteiger partial charge in [-0.2, -0.15) is 0 Å². The van der Waals surface area contributed by atoms with Crippen LogP contribution in [0.1, 0.15) is 71.4 Å². The molecule has 28 heavy (non-hydrogen) atoms. The van der Waals surface area contributed by atoms with Gasteiger partial charge in [0.1, 0.15) is 11.4 Å². The summed E-state index contributed by atoms with van der Waals surface area (Å²) in [6, 6.07) is 14.5. The first kappa shape index (κ1) is 25.1. The van der Waals surface area contributed by atoms with E-state index in [2.05, 4.69) is 9.98 Å². The molecule has 152 valence electrons. The van der Waals surface area contributed by atoms with Crippen LogP contribution in [0, 0.1) is 0 Å². The van der Waals surface area contributed by atoms with Crippen molar-refractivity contribution in [3.63, 3.8) is 0 Å². The molecular formula is C24H34N2O2. The van der Waals surface area contributed by atoms with E-state index in [-0.39, 0.29) is 17.2 Å². The largest absolute Gasteiger partial charge is 0.505 e. The molecule has 1 aliphatic heterocycles. The summed E-state index contributed by atoms with van der Waals surface area (Å²) in [4.78, 5) is 19.8. The number of nitrogens with one attached hydrogen (secondary N) is 1. The minimum atomic E-state index is -0.164. The molecule has 3 aromatic rings. The summed E-state index contributed by atoms with van der Waals surface area (Å²) in [6.45, 7) is 16.0. The van der Waals surface area contributed by atoms with E-state index >= 15 is 0 Å². The molecule has 0 bridgehead atoms. The van der Waals surface area contributed by atoms with Crippen LogP contribution in [0.4, 0.5) is 5.69 Å². The van der Waals surface area contributed by atoms with Gasteiger partial charge in [-0.15, -0.1) is 0 Å². The fourth-order valence-corrected chi connectivity index (χ4v) is 2.53. The number of carbonyl (C=O) groups excluding carboxylic acids is 1. The molecule has 2 N–H and O–H groups in total. The van der Waals surface area contributed by atoms with Crippen molar-refractivity contribution in [1.82, 2.24) is 4.98 Å². The van der Waals surface area contributed by atoms with Crippen molar-refractivity contribution in [2.75, 3.05) is 0 Å². The van der Waals surface area contributed by atoms with Gasteiger partial charge in [0.15, 0.2) is 5.75 Å². The minimum absolute atomic E-state index is 0.0699. The number of fused-ring (bicyclic) bond motifs is 2. The summed E-state index contributed by atoms with van der Waals surface area (Å²) in [5, 5.41) is 11.0. The van der Waals surface area contributed by atoms with E-state index in [1.165, 1.54) is 0 Å². The summed E-state index contributed by atoms with van der Waals surface area (Å²) in [7, 11) is 0. The Morgan fingerprint density at radius 1 is 0.786 bits per heavy atom. The van der Waals surface area contributed by atoms with Gasteiger partial charge in [-0.1, -0.05) is 79.7 Å². The number of hydrogen-bond donors (Lipinski definition) is 2. The molecule has 0 spiro atoms. The number of aromatic nitrogens is 1. The Bertz CT molecular complexity index is 893. The quantitative estimate of drug-likeness (QED) is 0.464. The van der Waals surface area contributed by atoms with Crippen LogP contribution in [-0.4, -0.2) is 21.6 Å². The van der Waals surface area contributed by atoms with Gasteiger partial charge in [-0.3, -0.25) is 4.79 Å². The third kappa shape index (κ3) is 5.10. The first-order chi connectivity index (χ1) is 13.8. The molecule has 1 aromatic heterocycles. The van der Waals surface area contributed by atoms with Gasteiger partial charge in [0.25, 0.3) is 0 Å². The molecule has 0 atom stereocenters. The van der Waals surface area contributed by atoms with E-state index in [1.807, 2.05) is 79.7 Å². The van der Waals surface area contributed by atoms with Crippen molar-refractivity contribution >= 4 is 28.1 Å². The van der Waals surface area contributed by atoms with Crippen molar-refractivity contribution in [2.24, 2.45) is 4.99 Å². The Morgan fingerprint density at radius 2 is 1.32 bits per heavy atom. The van der Waals surface area contributed by atoms with Gasteiger partial charge in [0.05, 0.1) is 5.69 Å². The average molecular weight is 383 g/mol. The second-order valence-electron chi connectivity index (χ2n) is 4.70. The summed E-state index contributed by atoms with van der Waals surface area (Å²) >= 11 is 0. The van der Waals surface area contributed by atoms with E-state index < -0.39 is 0 Å². The monoisotopic (exact) mass is 382 g/mol. The number of nitrogens with zero attached hydrogens (tertiary/aromatic N) is 1. The van der Waals surface area contributed by atoms with Crippen LogP contribution in [0.5, 0.6) is 5.75 Å². The minimum Gasteiger partial charge on any atom is -0.505 e. The van der Waals surface area contributed by atoms with E-state index in [9.17, 15) is 9.90 Å². The first-order valence-corrected chi connectivity index (χ1v) is 10.3. The number of aliphatic imine (C=N–C) groups is 1. The number of rotatable bonds is 1. The highest BCUT2D eigenvalue weighted by molar-refractivity contribution is 6.55. The van der Waals surface area contributed by atoms with Crippen molar-refractivity contribution in [3.8, 4) is 5.75 Å². The van der Waals surface area contributed by atoms with Gasteiger partial charge >= 0.3 is 0 Å². The molecule has 0 saturated carbocycles. The Labute approximate surface area is 169 Å². The number of para-hydroxylation sites is 2. The smallest absolute Gasteiger partial charge is 0.215 e. The van der Waals surface area contributed by atoms with E-state index in [4.69, 9.17) is 0 Å². The lowest BCUT2D eigenvalue weighted by molar-refractivity contribution is 0.107. The van der Waals surface area contributed by atoms with Crippen molar-refractivity contribution < 1.29 is 9.90 Å². The second kappa shape index (κ2) is 13.3. The van der Waals surface area contributed by atoms with Crippen molar-refractivity contribution in [1.29, 1.82) is 0 Å². The van der Waals surface area contributed by atoms with Gasteiger partial charge < -0.3 is 10.1 Å². The highest BCUT2D eigenvalue weighted by Gasteiger charge is 2.29. The molecule has 0 amide bonds. The normalized spacial score (nSPS) is 10.6. The number of carbonyl (C=O) groups is 1. The molecule has 4 heteroatoms. The maximum Gasteiger partial charge on any atom is 0.215 e. The highest BCUT2D eigenvalue weighted by atomic mass is 16.3. The zero-order valence-corrected chi connectivity index (χ0v) is 18.4. The predicted molar refractivity (Wildman–Crippen MR) is 122 cm³/mol. The summed E-state index contributed by atoms with van der Waals surface area (Å²) in [5.74, 6) is -0.0945. The number of aromatic hydroxyl groups is 1. The summed E-state index contributed by atoms with van der Waals surface area (Å²) < 4.78 is 0. The number of H-pyrrole nitrogens is 1. The molecule has 4 nitrogen and oxygen atoms in total. The Kier molecular flexibility index (Phi) is 11.9. The van der Waals surface area contributed by atoms with Crippen LogP contribution in [0.3, 0.4) is 0 Å². The highest BCUT2D eigenvalue weighted by Crippen LogP contribution is 2.34. The molecule has 0 saturated heterocycles. The lowest BCUT2D eigenvalue weighted by Gasteiger charge is -1.96. The third-order valence-electron chi connectivity index (χ3n) is 3.51. The third-order valence-corrected chi connectivity index (χ3v) is 3.51. The van der Waals surface area contributed by atoms with Crippen LogP contribution in [0.25, 0.3) is 10.9 Å². The summed E-state index contributed by atoms with van der Waals surface area (Å²) in [5.41, 5.74) is 2.64. The standard InChI is InChI=1S/C16H10N2O2.4C2H6/c19-15-9-5-1-3-7-11(9)17-13(15)14-16(20)10-6-2-4-8-12(10)18-14;4*1-2/h1-8,17,19H;4*1-2H3. The number of aromatic amines is 1. The number of Topliss-reactive ketones (excluding diaryl/α,β-unsaturated/α-hetero) is 1. The van der Waals surface area contributed by atoms with Gasteiger partial charge in [-0.25, -0.2) is 4.99 Å². The first-order valence-electron chi connectivity index (χ1n) is 10.3. The van der Waals surface area contributed by atoms with Gasteiger partial charge in [0, 0.05) is 16.5 Å². The summed E-state index contributed by atoms with van der Waals surface area (Å²) in [6.07, 6.45) is 0. The maximum atomic E-state index is 12.4. The number of hydrogen-bond acceptors (Lipinski definition) is 3. The molecule has 2 aromatic carbocycles. The molecule has 1 aliphatic rings. The zero-order chi connectivity index (χ0) is 21.7. The van der Waals surface area contributed by atoms with Crippen LogP contribution in [-0.2, 0) is 0 Å². The molecule has 2 heterocycles. The zero-order valence-electron chi connectivity index (χ0n) is 18.4. The van der Waals surface area contributed by atoms with Crippen LogP contribution < -0.4 is 0 Å². The van der Waals surface area contributed by atoms with Gasteiger partial charge in [0.2, 0.25) is 5.78 Å². The SMILES string of the molecule is CC.CC.CC.CC.O=C1C(c2[nH]c3ccccc3c2O)=Nc2ccccc21. The van der Waals surface area contributed by atoms with E-state index in [0.717, 1.165) is 5.52 Å². The molecule has 0 radical (unpaired) electrons. The Hall–Kier alpha value is -2.88. The fraction of sp³-hybridized carbons (Fsp3) is 0.333. The van der Waals surface area contributed by atoms with Crippen molar-refractivity contribution in [3.05, 3.63) is 59.8 Å². The average Bonchev–Trinajstić information content (AvgIpc) is 3.31. The van der Waals surface area contributed by atoms with Crippen molar-refractivity contribution in [2.45, 2.75) is 55.4 Å². The Balaban J connectivity index is 0.000000818. The lowest BCUT2D eigenvalue weighted by Crippen LogP contribution is -2.11. The molecule has 0 unspecified atom stereocenters. The Morgan fingerprint density at radius 3 is 1.89 bits per heavy atom. The lowest BCUT2D eigenvalue weighted by atomic mass is 10.1. The molecule has 0 aliphatic carbocycles. The van der Waals surface area contributed by atoms with Crippen LogP contribution in [0.2, 0.25) is 0 Å². The molecule has 4 rings (SSSR count). The number of benzene rings is 2. The molecule has 0 fully saturated rings. The van der Waals surface area contributed by atoms with E-state index in [0.29, 0.717) is 22.3 Å². The second-order valence-corrected chi connectivity index (χ2v) is 4.70. The fourth-order valence-electron chi connectivity index (χ4n) is 2.53. The maximum absolute atomic E-state index is 12.4. The molecular weight excluding hydrogens is 348 g/mol. The predicted octanol–water partition coefficient (Wildman–Crippen LogP) is 7.30. The van der Waals surface area contributed by atoms with Crippen LogP contribution >= 0.6 is 0 Å². The van der Waals surface area contributed by atoms with Crippen LogP contribution in [0.15, 0.2) is 53.5 Å². The van der Waals surface area contributed by atoms with Gasteiger partial charge in [-0.05, 0) is 24.3 Å².